The minimum Gasteiger partial charge on any atom is -0.490 e. The molecule has 0 saturated heterocycles. The zero-order chi connectivity index (χ0) is 18.1. The third-order valence-corrected chi connectivity index (χ3v) is 3.43. The average Bonchev–Trinajstić information content (AvgIpc) is 2.61. The van der Waals surface area contributed by atoms with Crippen molar-refractivity contribution in [1.82, 2.24) is 0 Å². The monoisotopic (exact) mass is 345 g/mol. The van der Waals surface area contributed by atoms with Crippen LogP contribution in [0.3, 0.4) is 0 Å². The Kier molecular flexibility index (Phi) is 7.26. The molecule has 1 amide bonds. The SMILES string of the molecule is CCCOc1ccc(NC(=O)Cc2ccc(F)cc2)cc1OCCC. The van der Waals surface area contributed by atoms with Gasteiger partial charge in [-0.05, 0) is 42.7 Å². The van der Waals surface area contributed by atoms with Crippen molar-refractivity contribution in [3.8, 4) is 11.5 Å². The molecule has 0 spiro atoms. The van der Waals surface area contributed by atoms with Gasteiger partial charge in [0.15, 0.2) is 11.5 Å². The molecule has 0 saturated carbocycles. The second-order valence-corrected chi connectivity index (χ2v) is 5.71. The Morgan fingerprint density at radius 3 is 2.24 bits per heavy atom. The summed E-state index contributed by atoms with van der Waals surface area (Å²) in [7, 11) is 0. The molecule has 0 atom stereocenters. The summed E-state index contributed by atoms with van der Waals surface area (Å²) in [5, 5.41) is 2.84. The van der Waals surface area contributed by atoms with Gasteiger partial charge in [-0.3, -0.25) is 4.79 Å². The maximum atomic E-state index is 12.9. The van der Waals surface area contributed by atoms with E-state index in [-0.39, 0.29) is 18.1 Å². The predicted molar refractivity (Wildman–Crippen MR) is 96.7 cm³/mol. The third kappa shape index (κ3) is 6.10. The number of halogens is 1. The van der Waals surface area contributed by atoms with Crippen molar-refractivity contribution in [3.05, 3.63) is 53.8 Å². The second kappa shape index (κ2) is 9.67. The highest BCUT2D eigenvalue weighted by Crippen LogP contribution is 2.31. The van der Waals surface area contributed by atoms with Crippen molar-refractivity contribution >= 4 is 11.6 Å². The average molecular weight is 345 g/mol. The van der Waals surface area contributed by atoms with E-state index in [1.54, 1.807) is 30.3 Å². The Balaban J connectivity index is 2.04. The summed E-state index contributed by atoms with van der Waals surface area (Å²) in [5.41, 5.74) is 1.39. The van der Waals surface area contributed by atoms with Crippen molar-refractivity contribution in [1.29, 1.82) is 0 Å². The Labute approximate surface area is 148 Å². The van der Waals surface area contributed by atoms with Crippen molar-refractivity contribution in [2.24, 2.45) is 0 Å². The van der Waals surface area contributed by atoms with Gasteiger partial charge >= 0.3 is 0 Å². The molecule has 5 heteroatoms. The van der Waals surface area contributed by atoms with Crippen molar-refractivity contribution < 1.29 is 18.7 Å². The van der Waals surface area contributed by atoms with Crippen LogP contribution in [0, 0.1) is 5.82 Å². The zero-order valence-electron chi connectivity index (χ0n) is 14.7. The van der Waals surface area contributed by atoms with E-state index in [0.717, 1.165) is 18.4 Å². The van der Waals surface area contributed by atoms with Crippen molar-refractivity contribution in [2.45, 2.75) is 33.1 Å². The number of carbonyl (C=O) groups excluding carboxylic acids is 1. The Morgan fingerprint density at radius 1 is 0.960 bits per heavy atom. The van der Waals surface area contributed by atoms with Crippen LogP contribution >= 0.6 is 0 Å². The van der Waals surface area contributed by atoms with Crippen LogP contribution in [0.4, 0.5) is 10.1 Å². The van der Waals surface area contributed by atoms with Crippen LogP contribution < -0.4 is 14.8 Å². The molecule has 4 nitrogen and oxygen atoms in total. The van der Waals surface area contributed by atoms with E-state index in [9.17, 15) is 9.18 Å². The summed E-state index contributed by atoms with van der Waals surface area (Å²) in [6.45, 7) is 5.26. The molecule has 25 heavy (non-hydrogen) atoms. The van der Waals surface area contributed by atoms with E-state index in [4.69, 9.17) is 9.47 Å². The summed E-state index contributed by atoms with van der Waals surface area (Å²) < 4.78 is 24.3. The van der Waals surface area contributed by atoms with E-state index < -0.39 is 0 Å². The van der Waals surface area contributed by atoms with Gasteiger partial charge in [0.1, 0.15) is 5.82 Å². The molecule has 0 heterocycles. The fourth-order valence-electron chi connectivity index (χ4n) is 2.23. The van der Waals surface area contributed by atoms with Gasteiger partial charge in [0.05, 0.1) is 19.6 Å². The molecule has 0 aliphatic rings. The first kappa shape index (κ1) is 18.8. The van der Waals surface area contributed by atoms with Crippen LogP contribution in [0.1, 0.15) is 32.3 Å². The zero-order valence-corrected chi connectivity index (χ0v) is 14.7. The minimum atomic E-state index is -0.315. The summed E-state index contributed by atoms with van der Waals surface area (Å²) in [5.74, 6) is 0.807. The van der Waals surface area contributed by atoms with Crippen LogP contribution in [0.15, 0.2) is 42.5 Å². The maximum absolute atomic E-state index is 12.9. The Bertz CT molecular complexity index is 686. The minimum absolute atomic E-state index is 0.171. The molecule has 2 aromatic rings. The lowest BCUT2D eigenvalue weighted by molar-refractivity contribution is -0.115. The normalized spacial score (nSPS) is 10.4. The Hall–Kier alpha value is -2.56. The lowest BCUT2D eigenvalue weighted by atomic mass is 10.1. The third-order valence-electron chi connectivity index (χ3n) is 3.43. The van der Waals surface area contributed by atoms with Crippen LogP contribution in [0.25, 0.3) is 0 Å². The fourth-order valence-corrected chi connectivity index (χ4v) is 2.23. The largest absolute Gasteiger partial charge is 0.490 e. The van der Waals surface area contributed by atoms with Gasteiger partial charge in [0.2, 0.25) is 5.91 Å². The standard InChI is InChI=1S/C20H24FNO3/c1-3-11-24-18-10-9-17(14-19(18)25-12-4-2)22-20(23)13-15-5-7-16(21)8-6-15/h5-10,14H,3-4,11-13H2,1-2H3,(H,22,23). The number of hydrogen-bond donors (Lipinski definition) is 1. The van der Waals surface area contributed by atoms with Gasteiger partial charge in [0.25, 0.3) is 0 Å². The molecule has 0 fully saturated rings. The molecular weight excluding hydrogens is 321 g/mol. The quantitative estimate of drug-likeness (QED) is 0.723. The van der Waals surface area contributed by atoms with E-state index in [1.165, 1.54) is 12.1 Å². The molecule has 134 valence electrons. The number of hydrogen-bond acceptors (Lipinski definition) is 3. The molecule has 0 bridgehead atoms. The molecule has 0 radical (unpaired) electrons. The number of ether oxygens (including phenoxy) is 2. The van der Waals surface area contributed by atoms with Gasteiger partial charge in [-0.2, -0.15) is 0 Å². The van der Waals surface area contributed by atoms with Gasteiger partial charge in [-0.15, -0.1) is 0 Å². The van der Waals surface area contributed by atoms with E-state index in [2.05, 4.69) is 5.32 Å². The highest BCUT2D eigenvalue weighted by Gasteiger charge is 2.10. The fraction of sp³-hybridized carbons (Fsp3) is 0.350. The molecule has 0 aliphatic heterocycles. The number of anilines is 1. The molecule has 0 aromatic heterocycles. The molecule has 0 aliphatic carbocycles. The van der Waals surface area contributed by atoms with Crippen molar-refractivity contribution in [2.75, 3.05) is 18.5 Å². The summed E-state index contributed by atoms with van der Waals surface area (Å²) >= 11 is 0. The lowest BCUT2D eigenvalue weighted by Crippen LogP contribution is -2.14. The predicted octanol–water partition coefficient (Wildman–Crippen LogP) is 4.58. The van der Waals surface area contributed by atoms with E-state index in [0.29, 0.717) is 30.4 Å². The van der Waals surface area contributed by atoms with Gasteiger partial charge in [-0.1, -0.05) is 26.0 Å². The first-order chi connectivity index (χ1) is 12.1. The van der Waals surface area contributed by atoms with Gasteiger partial charge in [-0.25, -0.2) is 4.39 Å². The van der Waals surface area contributed by atoms with Crippen LogP contribution in [-0.2, 0) is 11.2 Å². The van der Waals surface area contributed by atoms with Gasteiger partial charge < -0.3 is 14.8 Å². The topological polar surface area (TPSA) is 47.6 Å². The highest BCUT2D eigenvalue weighted by molar-refractivity contribution is 5.92. The molecule has 2 aromatic carbocycles. The van der Waals surface area contributed by atoms with Crippen LogP contribution in [-0.4, -0.2) is 19.1 Å². The van der Waals surface area contributed by atoms with Crippen LogP contribution in [0.5, 0.6) is 11.5 Å². The summed E-state index contributed by atoms with van der Waals surface area (Å²) in [6, 6.07) is 11.3. The summed E-state index contributed by atoms with van der Waals surface area (Å²) in [6.07, 6.45) is 1.97. The first-order valence-corrected chi connectivity index (χ1v) is 8.56. The Morgan fingerprint density at radius 2 is 1.60 bits per heavy atom. The number of rotatable bonds is 9. The van der Waals surface area contributed by atoms with Crippen molar-refractivity contribution in [3.63, 3.8) is 0 Å². The number of amides is 1. The molecule has 1 N–H and O–H groups in total. The molecular formula is C20H24FNO3. The van der Waals surface area contributed by atoms with E-state index >= 15 is 0 Å². The van der Waals surface area contributed by atoms with Gasteiger partial charge in [0, 0.05) is 11.8 Å². The second-order valence-electron chi connectivity index (χ2n) is 5.71. The highest BCUT2D eigenvalue weighted by atomic mass is 19.1. The number of benzene rings is 2. The number of carbonyl (C=O) groups is 1. The summed E-state index contributed by atoms with van der Waals surface area (Å²) in [4.78, 5) is 12.2. The smallest absolute Gasteiger partial charge is 0.228 e. The molecule has 2 rings (SSSR count). The van der Waals surface area contributed by atoms with Crippen LogP contribution in [0.2, 0.25) is 0 Å². The maximum Gasteiger partial charge on any atom is 0.228 e. The molecule has 0 unspecified atom stereocenters. The first-order valence-electron chi connectivity index (χ1n) is 8.56. The number of nitrogens with one attached hydrogen (secondary N) is 1. The van der Waals surface area contributed by atoms with E-state index in [1.807, 2.05) is 13.8 Å². The lowest BCUT2D eigenvalue weighted by Gasteiger charge is -2.14.